The van der Waals surface area contributed by atoms with Crippen LogP contribution < -0.4 is 10.1 Å². The van der Waals surface area contributed by atoms with Crippen molar-refractivity contribution in [2.45, 2.75) is 84.0 Å². The van der Waals surface area contributed by atoms with Gasteiger partial charge >= 0.3 is 23.9 Å². The van der Waals surface area contributed by atoms with E-state index < -0.39 is 110 Å². The van der Waals surface area contributed by atoms with Crippen LogP contribution in [0.15, 0.2) is 6.07 Å². The first-order valence-corrected chi connectivity index (χ1v) is 14.0. The summed E-state index contributed by atoms with van der Waals surface area (Å²) >= 11 is 0. The number of hydrogen-bond acceptors (Lipinski definition) is 13. The molecule has 1 saturated heterocycles. The lowest BCUT2D eigenvalue weighted by Crippen LogP contribution is -2.64. The Morgan fingerprint density at radius 2 is 1.35 bits per heavy atom. The molecule has 1 amide bonds. The number of ether oxygens (including phenoxy) is 6. The maximum absolute atomic E-state index is 15.5. The van der Waals surface area contributed by atoms with Crippen molar-refractivity contribution in [2.24, 2.45) is 0 Å². The lowest BCUT2D eigenvalue weighted by Gasteiger charge is -2.43. The van der Waals surface area contributed by atoms with Gasteiger partial charge in [0.1, 0.15) is 0 Å². The van der Waals surface area contributed by atoms with Crippen LogP contribution in [0.5, 0.6) is 5.75 Å². The summed E-state index contributed by atoms with van der Waals surface area (Å²) in [5.41, 5.74) is -4.42. The molecule has 1 aromatic rings. The summed E-state index contributed by atoms with van der Waals surface area (Å²) in [5, 5.41) is 2.34. The number of sulfone groups is 1. The molecule has 0 saturated carbocycles. The van der Waals surface area contributed by atoms with Crippen molar-refractivity contribution in [2.75, 3.05) is 5.94 Å². The summed E-state index contributed by atoms with van der Waals surface area (Å²) in [6.07, 6.45) is -8.74. The predicted molar refractivity (Wildman–Crippen MR) is 135 cm³/mol. The zero-order valence-corrected chi connectivity index (χ0v) is 24.8. The number of carbonyl (C=O) groups is 5. The van der Waals surface area contributed by atoms with Gasteiger partial charge in [-0.1, -0.05) is 0 Å². The summed E-state index contributed by atoms with van der Waals surface area (Å²) in [5.74, 6) is -14.2. The standard InChI is InChI=1S/C25H30F3NO13S/c1-10(30)37-9-43(35,36)24-21(40-13(4)33)19(38-11(2)31)20(39-12(3)32)23(42-24)41-18-16(27)14(8-15(26)17(18)28)22(34)29-25(5,6)7/h8,19-21,23-24H,9H2,1-7H3,(H,29,34). The van der Waals surface area contributed by atoms with Gasteiger partial charge in [-0.3, -0.25) is 24.0 Å². The number of rotatable bonds is 9. The van der Waals surface area contributed by atoms with Crippen LogP contribution in [0.25, 0.3) is 0 Å². The summed E-state index contributed by atoms with van der Waals surface area (Å²) in [6.45, 7) is 7.94. The summed E-state index contributed by atoms with van der Waals surface area (Å²) < 4.78 is 101. The summed E-state index contributed by atoms with van der Waals surface area (Å²) in [7, 11) is -4.87. The van der Waals surface area contributed by atoms with E-state index in [0.717, 1.165) is 27.7 Å². The van der Waals surface area contributed by atoms with Crippen molar-refractivity contribution in [3.8, 4) is 5.75 Å². The van der Waals surface area contributed by atoms with Crippen molar-refractivity contribution >= 4 is 39.6 Å². The fraction of sp³-hybridized carbons (Fsp3) is 0.560. The zero-order valence-electron chi connectivity index (χ0n) is 24.0. The molecule has 240 valence electrons. The minimum atomic E-state index is -4.87. The van der Waals surface area contributed by atoms with Crippen molar-refractivity contribution in [3.63, 3.8) is 0 Å². The van der Waals surface area contributed by atoms with Gasteiger partial charge < -0.3 is 33.7 Å². The van der Waals surface area contributed by atoms with Gasteiger partial charge in [0.25, 0.3) is 5.91 Å². The van der Waals surface area contributed by atoms with Crippen molar-refractivity contribution < 1.29 is 74.0 Å². The molecular weight excluding hydrogens is 611 g/mol. The molecule has 14 nitrogen and oxygen atoms in total. The summed E-state index contributed by atoms with van der Waals surface area (Å²) in [6, 6.07) is 0.245. The maximum Gasteiger partial charge on any atom is 0.303 e. The molecule has 1 heterocycles. The molecule has 0 aromatic heterocycles. The molecule has 1 N–H and O–H groups in total. The first-order chi connectivity index (χ1) is 19.6. The highest BCUT2D eigenvalue weighted by atomic mass is 32.2. The molecule has 0 spiro atoms. The predicted octanol–water partition coefficient (Wildman–Crippen LogP) is 1.42. The molecule has 5 atom stereocenters. The van der Waals surface area contributed by atoms with Gasteiger partial charge in [0.15, 0.2) is 35.5 Å². The van der Waals surface area contributed by atoms with Gasteiger partial charge in [0.05, 0.1) is 5.56 Å². The summed E-state index contributed by atoms with van der Waals surface area (Å²) in [4.78, 5) is 59.7. The minimum absolute atomic E-state index is 0.245. The van der Waals surface area contributed by atoms with Crippen LogP contribution in [0.4, 0.5) is 13.2 Å². The Bertz CT molecular complexity index is 1390. The SMILES string of the molecule is CC(=O)OCS(=O)(=O)C1OC(Oc2c(F)c(F)cc(C(=O)NC(C)(C)C)c2F)C(OC(C)=O)C(OC(C)=O)C1OC(C)=O. The van der Waals surface area contributed by atoms with Gasteiger partial charge in [-0.25, -0.2) is 17.2 Å². The molecule has 5 unspecified atom stereocenters. The van der Waals surface area contributed by atoms with Crippen LogP contribution in [0.3, 0.4) is 0 Å². The van der Waals surface area contributed by atoms with Gasteiger partial charge in [0.2, 0.25) is 33.5 Å². The highest BCUT2D eigenvalue weighted by Crippen LogP contribution is 2.36. The minimum Gasteiger partial charge on any atom is -0.454 e. The van der Waals surface area contributed by atoms with Crippen LogP contribution in [-0.4, -0.2) is 79.7 Å². The zero-order chi connectivity index (χ0) is 33.0. The average molecular weight is 642 g/mol. The Balaban J connectivity index is 2.76. The molecule has 1 aromatic carbocycles. The van der Waals surface area contributed by atoms with Crippen molar-refractivity contribution in [3.05, 3.63) is 29.1 Å². The Morgan fingerprint density at radius 1 is 0.837 bits per heavy atom. The third-order valence-corrected chi connectivity index (χ3v) is 6.76. The number of carbonyl (C=O) groups excluding carboxylic acids is 5. The second-order valence-corrected chi connectivity index (χ2v) is 12.2. The smallest absolute Gasteiger partial charge is 0.303 e. The maximum atomic E-state index is 15.5. The topological polar surface area (TPSA) is 187 Å². The van der Waals surface area contributed by atoms with Crippen LogP contribution in [0.2, 0.25) is 0 Å². The number of esters is 4. The molecule has 1 aliphatic heterocycles. The number of benzene rings is 1. The van der Waals surface area contributed by atoms with Crippen molar-refractivity contribution in [1.29, 1.82) is 0 Å². The first kappa shape index (κ1) is 35.3. The molecule has 1 fully saturated rings. The second kappa shape index (κ2) is 13.6. The normalized spacial score (nSPS) is 22.1. The highest BCUT2D eigenvalue weighted by Gasteiger charge is 2.57. The van der Waals surface area contributed by atoms with E-state index in [4.69, 9.17) is 23.7 Å². The van der Waals surface area contributed by atoms with Gasteiger partial charge in [-0.05, 0) is 26.8 Å². The molecule has 1 aliphatic rings. The Morgan fingerprint density at radius 3 is 1.84 bits per heavy atom. The van der Waals surface area contributed by atoms with E-state index >= 15 is 4.39 Å². The fourth-order valence-electron chi connectivity index (χ4n) is 3.73. The van der Waals surface area contributed by atoms with Crippen LogP contribution in [0.1, 0.15) is 58.8 Å². The molecule has 43 heavy (non-hydrogen) atoms. The molecular formula is C25H30F3NO13S. The van der Waals surface area contributed by atoms with E-state index in [1.165, 1.54) is 20.8 Å². The van der Waals surface area contributed by atoms with E-state index in [2.05, 4.69) is 10.1 Å². The number of nitrogens with one attached hydrogen (secondary N) is 1. The first-order valence-electron chi connectivity index (χ1n) is 12.3. The molecule has 0 radical (unpaired) electrons. The monoisotopic (exact) mass is 641 g/mol. The fourth-order valence-corrected chi connectivity index (χ4v) is 5.09. The van der Waals surface area contributed by atoms with Crippen molar-refractivity contribution in [1.82, 2.24) is 5.32 Å². The molecule has 0 aliphatic carbocycles. The van der Waals surface area contributed by atoms with Crippen LogP contribution in [0, 0.1) is 17.5 Å². The van der Waals surface area contributed by atoms with E-state index in [0.29, 0.717) is 0 Å². The lowest BCUT2D eigenvalue weighted by atomic mass is 10.0. The third-order valence-electron chi connectivity index (χ3n) is 5.22. The number of amides is 1. The Labute approximate surface area is 244 Å². The Kier molecular flexibility index (Phi) is 11.1. The third kappa shape index (κ3) is 9.28. The quantitative estimate of drug-likeness (QED) is 0.232. The number of hydrogen-bond donors (Lipinski definition) is 1. The second-order valence-electron chi connectivity index (χ2n) is 10.2. The largest absolute Gasteiger partial charge is 0.454 e. The molecule has 2 rings (SSSR count). The highest BCUT2D eigenvalue weighted by molar-refractivity contribution is 7.91. The van der Waals surface area contributed by atoms with Gasteiger partial charge in [-0.15, -0.1) is 0 Å². The van der Waals surface area contributed by atoms with E-state index in [1.54, 1.807) is 0 Å². The van der Waals surface area contributed by atoms with E-state index in [9.17, 15) is 41.2 Å². The van der Waals surface area contributed by atoms with Gasteiger partial charge in [-0.2, -0.15) is 4.39 Å². The lowest BCUT2D eigenvalue weighted by molar-refractivity contribution is -0.269. The number of halogens is 3. The van der Waals surface area contributed by atoms with Gasteiger partial charge in [0, 0.05) is 33.2 Å². The molecule has 0 bridgehead atoms. The van der Waals surface area contributed by atoms with Crippen LogP contribution in [-0.2, 0) is 52.7 Å². The molecule has 18 heteroatoms. The average Bonchev–Trinajstić information content (AvgIpc) is 2.83. The van der Waals surface area contributed by atoms with Crippen LogP contribution >= 0.6 is 0 Å². The Hall–Kier alpha value is -3.93. The van der Waals surface area contributed by atoms with E-state index in [1.807, 2.05) is 0 Å². The van der Waals surface area contributed by atoms with E-state index in [-0.39, 0.29) is 6.07 Å².